The highest BCUT2D eigenvalue weighted by Gasteiger charge is 2.29. The molecule has 3 aromatic carbocycles. The maximum absolute atomic E-state index is 13.3. The summed E-state index contributed by atoms with van der Waals surface area (Å²) in [4.78, 5) is 0.364. The predicted molar refractivity (Wildman–Crippen MR) is 129 cm³/mol. The molecule has 3 aromatic rings. The number of benzene rings is 3. The minimum absolute atomic E-state index is 0.177. The lowest BCUT2D eigenvalue weighted by Gasteiger charge is -2.31. The van der Waals surface area contributed by atoms with Crippen LogP contribution in [0, 0.1) is 13.8 Å². The van der Waals surface area contributed by atoms with Gasteiger partial charge in [-0.15, -0.1) is 0 Å². The van der Waals surface area contributed by atoms with Crippen molar-refractivity contribution in [1.29, 1.82) is 0 Å². The molecule has 1 heterocycles. The molecule has 4 rings (SSSR count). The maximum atomic E-state index is 13.3. The molecule has 0 saturated heterocycles. The molecule has 0 saturated carbocycles. The van der Waals surface area contributed by atoms with Crippen molar-refractivity contribution in [3.05, 3.63) is 77.4 Å². The van der Waals surface area contributed by atoms with Crippen LogP contribution in [0.4, 0.5) is 11.4 Å². The fraction of sp³-hybridized carbons (Fsp3) is 0.250. The van der Waals surface area contributed by atoms with Gasteiger partial charge in [-0.1, -0.05) is 6.07 Å². The van der Waals surface area contributed by atoms with Crippen molar-refractivity contribution in [2.75, 3.05) is 22.7 Å². The number of anilines is 2. The van der Waals surface area contributed by atoms with Gasteiger partial charge in [0.05, 0.1) is 22.6 Å². The number of nitrogens with one attached hydrogen (secondary N) is 1. The third kappa shape index (κ3) is 4.56. The number of sulfonamides is 2. The van der Waals surface area contributed by atoms with Gasteiger partial charge in [-0.3, -0.25) is 9.03 Å². The summed E-state index contributed by atoms with van der Waals surface area (Å²) in [5, 5.41) is 0. The average molecular weight is 487 g/mol. The van der Waals surface area contributed by atoms with Crippen molar-refractivity contribution in [2.45, 2.75) is 36.5 Å². The van der Waals surface area contributed by atoms with Gasteiger partial charge in [0, 0.05) is 12.2 Å². The minimum atomic E-state index is -3.76. The van der Waals surface area contributed by atoms with Crippen LogP contribution in [0.2, 0.25) is 0 Å². The summed E-state index contributed by atoms with van der Waals surface area (Å²) >= 11 is 0. The van der Waals surface area contributed by atoms with Gasteiger partial charge in [0.15, 0.2) is 0 Å². The summed E-state index contributed by atoms with van der Waals surface area (Å²) in [6.07, 6.45) is 1.29. The van der Waals surface area contributed by atoms with E-state index in [1.165, 1.54) is 23.5 Å². The van der Waals surface area contributed by atoms with Crippen LogP contribution in [-0.2, 0) is 26.5 Å². The monoisotopic (exact) mass is 486 g/mol. The van der Waals surface area contributed by atoms with Gasteiger partial charge in [-0.05, 0) is 98.0 Å². The van der Waals surface area contributed by atoms with Crippen LogP contribution >= 0.6 is 0 Å². The highest BCUT2D eigenvalue weighted by Crippen LogP contribution is 2.34. The van der Waals surface area contributed by atoms with Crippen LogP contribution in [-0.4, -0.2) is 30.5 Å². The SMILES string of the molecule is COc1ccc(S(=O)(=O)N2CCCc3cc(NS(=O)(=O)c4ccc(C)c(C)c4)ccc32)cc1. The van der Waals surface area contributed by atoms with Crippen molar-refractivity contribution in [2.24, 2.45) is 0 Å². The Kier molecular flexibility index (Phi) is 6.11. The molecular formula is C24H26N2O5S2. The molecule has 7 nitrogen and oxygen atoms in total. The number of nitrogens with zero attached hydrogens (tertiary/aromatic N) is 1. The van der Waals surface area contributed by atoms with Crippen LogP contribution in [0.15, 0.2) is 70.5 Å². The maximum Gasteiger partial charge on any atom is 0.264 e. The van der Waals surface area contributed by atoms with Crippen LogP contribution in [0.3, 0.4) is 0 Å². The van der Waals surface area contributed by atoms with E-state index in [9.17, 15) is 16.8 Å². The zero-order valence-electron chi connectivity index (χ0n) is 18.7. The van der Waals surface area contributed by atoms with Gasteiger partial charge in [0.25, 0.3) is 20.0 Å². The first-order valence-corrected chi connectivity index (χ1v) is 13.4. The molecule has 0 amide bonds. The van der Waals surface area contributed by atoms with E-state index in [2.05, 4.69) is 4.72 Å². The highest BCUT2D eigenvalue weighted by atomic mass is 32.2. The molecule has 0 bridgehead atoms. The van der Waals surface area contributed by atoms with E-state index in [0.29, 0.717) is 36.5 Å². The molecule has 1 aliphatic heterocycles. The van der Waals surface area contributed by atoms with Crippen molar-refractivity contribution in [3.63, 3.8) is 0 Å². The molecule has 1 N–H and O–H groups in total. The molecule has 0 atom stereocenters. The van der Waals surface area contributed by atoms with Gasteiger partial charge in [-0.2, -0.15) is 0 Å². The first-order chi connectivity index (χ1) is 15.6. The quantitative estimate of drug-likeness (QED) is 0.562. The van der Waals surface area contributed by atoms with Gasteiger partial charge in [0.1, 0.15) is 5.75 Å². The molecule has 0 fully saturated rings. The zero-order chi connectivity index (χ0) is 23.8. The Morgan fingerprint density at radius 1 is 0.848 bits per heavy atom. The van der Waals surface area contributed by atoms with E-state index in [0.717, 1.165) is 16.7 Å². The fourth-order valence-electron chi connectivity index (χ4n) is 3.85. The highest BCUT2D eigenvalue weighted by molar-refractivity contribution is 7.93. The number of aryl methyl sites for hydroxylation is 3. The summed E-state index contributed by atoms with van der Waals surface area (Å²) in [6, 6.07) is 16.2. The lowest BCUT2D eigenvalue weighted by Crippen LogP contribution is -2.35. The van der Waals surface area contributed by atoms with E-state index in [1.54, 1.807) is 48.5 Å². The van der Waals surface area contributed by atoms with Crippen LogP contribution < -0.4 is 13.8 Å². The Balaban J connectivity index is 1.63. The Bertz CT molecular complexity index is 1400. The second-order valence-corrected chi connectivity index (χ2v) is 11.6. The summed E-state index contributed by atoms with van der Waals surface area (Å²) < 4.78 is 61.4. The molecule has 0 spiro atoms. The van der Waals surface area contributed by atoms with Crippen LogP contribution in [0.5, 0.6) is 5.75 Å². The number of hydrogen-bond donors (Lipinski definition) is 1. The molecule has 0 radical (unpaired) electrons. The standard InChI is InChI=1S/C24H26N2O5S2/c1-17-6-10-23(15-18(17)2)32(27,28)25-20-7-13-24-19(16-20)5-4-14-26(24)33(29,30)22-11-8-21(31-3)9-12-22/h6-13,15-16,25H,4-5,14H2,1-3H3. The van der Waals surface area contributed by atoms with E-state index in [1.807, 2.05) is 13.8 Å². The Morgan fingerprint density at radius 3 is 2.21 bits per heavy atom. The molecule has 1 aliphatic rings. The Morgan fingerprint density at radius 2 is 1.55 bits per heavy atom. The second-order valence-electron chi connectivity index (χ2n) is 8.05. The van der Waals surface area contributed by atoms with Crippen LogP contribution in [0.25, 0.3) is 0 Å². The first kappa shape index (κ1) is 23.1. The van der Waals surface area contributed by atoms with Gasteiger partial charge in [-0.25, -0.2) is 16.8 Å². The van der Waals surface area contributed by atoms with Crippen molar-refractivity contribution in [1.82, 2.24) is 0 Å². The van der Waals surface area contributed by atoms with Crippen molar-refractivity contribution >= 4 is 31.4 Å². The second kappa shape index (κ2) is 8.72. The Labute approximate surface area is 195 Å². The molecule has 0 aromatic heterocycles. The molecule has 174 valence electrons. The fourth-order valence-corrected chi connectivity index (χ4v) is 6.52. The van der Waals surface area contributed by atoms with Gasteiger partial charge < -0.3 is 4.74 Å². The molecule has 0 aliphatic carbocycles. The average Bonchev–Trinajstić information content (AvgIpc) is 2.80. The van der Waals surface area contributed by atoms with Crippen molar-refractivity contribution < 1.29 is 21.6 Å². The summed E-state index contributed by atoms with van der Waals surface area (Å²) in [5.74, 6) is 0.577. The predicted octanol–water partition coefficient (Wildman–Crippen LogP) is 4.25. The normalized spacial score (nSPS) is 14.0. The summed E-state index contributed by atoms with van der Waals surface area (Å²) in [7, 11) is -6.00. The lowest BCUT2D eigenvalue weighted by molar-refractivity contribution is 0.414. The van der Waals surface area contributed by atoms with E-state index >= 15 is 0 Å². The third-order valence-corrected chi connectivity index (χ3v) is 9.05. The lowest BCUT2D eigenvalue weighted by atomic mass is 10.0. The number of hydrogen-bond acceptors (Lipinski definition) is 5. The number of methoxy groups -OCH3 is 1. The summed E-state index contributed by atoms with van der Waals surface area (Å²) in [5.41, 5.74) is 3.64. The van der Waals surface area contributed by atoms with E-state index < -0.39 is 20.0 Å². The largest absolute Gasteiger partial charge is 0.497 e. The topological polar surface area (TPSA) is 92.8 Å². The zero-order valence-corrected chi connectivity index (χ0v) is 20.3. The van der Waals surface area contributed by atoms with E-state index in [4.69, 9.17) is 4.74 Å². The molecule has 33 heavy (non-hydrogen) atoms. The number of fused-ring (bicyclic) bond motifs is 1. The number of rotatable bonds is 6. The minimum Gasteiger partial charge on any atom is -0.497 e. The van der Waals surface area contributed by atoms with Crippen molar-refractivity contribution in [3.8, 4) is 5.75 Å². The molecule has 0 unspecified atom stereocenters. The number of ether oxygens (including phenoxy) is 1. The molecular weight excluding hydrogens is 460 g/mol. The summed E-state index contributed by atoms with van der Waals surface area (Å²) in [6.45, 7) is 4.15. The smallest absolute Gasteiger partial charge is 0.264 e. The van der Waals surface area contributed by atoms with Gasteiger partial charge >= 0.3 is 0 Å². The van der Waals surface area contributed by atoms with Crippen LogP contribution in [0.1, 0.15) is 23.1 Å². The van der Waals surface area contributed by atoms with E-state index in [-0.39, 0.29) is 9.79 Å². The first-order valence-electron chi connectivity index (χ1n) is 10.5. The Hall–Kier alpha value is -3.04. The molecule has 9 heteroatoms. The van der Waals surface area contributed by atoms with Gasteiger partial charge in [0.2, 0.25) is 0 Å². The third-order valence-electron chi connectivity index (χ3n) is 5.84.